The minimum absolute atomic E-state index is 0.0647. The molecule has 0 spiro atoms. The van der Waals surface area contributed by atoms with Crippen molar-refractivity contribution in [2.45, 2.75) is 32.1 Å². The summed E-state index contributed by atoms with van der Waals surface area (Å²) in [5.74, 6) is 2.30. The van der Waals surface area contributed by atoms with Crippen molar-refractivity contribution in [3.63, 3.8) is 0 Å². The van der Waals surface area contributed by atoms with Gasteiger partial charge in [-0.15, -0.1) is 0 Å². The van der Waals surface area contributed by atoms with Crippen molar-refractivity contribution in [3.8, 4) is 23.0 Å². The van der Waals surface area contributed by atoms with Crippen LogP contribution in [0.4, 0.5) is 0 Å². The van der Waals surface area contributed by atoms with Gasteiger partial charge < -0.3 is 18.9 Å². The number of hydrogen-bond acceptors (Lipinski definition) is 7. The predicted octanol–water partition coefficient (Wildman–Crippen LogP) is 3.46. The van der Waals surface area contributed by atoms with E-state index in [9.17, 15) is 9.59 Å². The molecule has 2 amide bonds. The normalized spacial score (nSPS) is 16.0. The zero-order valence-corrected chi connectivity index (χ0v) is 20.8. The molecule has 2 aliphatic rings. The molecule has 0 atom stereocenters. The number of piperidine rings is 1. The number of aliphatic imine (C=N–C) groups is 1. The van der Waals surface area contributed by atoms with Crippen LogP contribution >= 0.6 is 0 Å². The van der Waals surface area contributed by atoms with Crippen molar-refractivity contribution in [1.29, 1.82) is 0 Å². The average Bonchev–Trinajstić information content (AvgIpc) is 2.87. The SMILES string of the molecule is COc1ccc(CCN2C(=O)CC(CC3=NCCc4cc(OC)c(OC)cc43)CC2=O)cc1OC. The van der Waals surface area contributed by atoms with Gasteiger partial charge in [0.05, 0.1) is 28.4 Å². The van der Waals surface area contributed by atoms with Gasteiger partial charge in [0.2, 0.25) is 11.8 Å². The standard InChI is InChI=1S/C27H32N2O6/c1-32-22-6-5-17(12-23(22)33-2)8-10-29-26(30)13-18(14-27(29)31)11-21-20-16-25(35-4)24(34-3)15-19(20)7-9-28-21/h5-6,12,15-16,18H,7-11,13-14H2,1-4H3. The highest BCUT2D eigenvalue weighted by Gasteiger charge is 2.33. The minimum atomic E-state index is -0.129. The minimum Gasteiger partial charge on any atom is -0.493 e. The van der Waals surface area contributed by atoms with E-state index in [0.29, 0.717) is 61.8 Å². The Balaban J connectivity index is 1.40. The van der Waals surface area contributed by atoms with Crippen molar-refractivity contribution in [2.75, 3.05) is 41.5 Å². The van der Waals surface area contributed by atoms with Crippen LogP contribution in [0.1, 0.15) is 36.0 Å². The number of methoxy groups -OCH3 is 4. The number of ether oxygens (including phenoxy) is 4. The van der Waals surface area contributed by atoms with Crippen molar-refractivity contribution >= 4 is 17.5 Å². The van der Waals surface area contributed by atoms with E-state index in [4.69, 9.17) is 23.9 Å². The topological polar surface area (TPSA) is 86.7 Å². The summed E-state index contributed by atoms with van der Waals surface area (Å²) in [6.07, 6.45) is 2.64. The molecular weight excluding hydrogens is 448 g/mol. The van der Waals surface area contributed by atoms with Crippen LogP contribution in [0.25, 0.3) is 0 Å². The molecule has 0 radical (unpaired) electrons. The van der Waals surface area contributed by atoms with Gasteiger partial charge in [-0.25, -0.2) is 0 Å². The van der Waals surface area contributed by atoms with Crippen LogP contribution < -0.4 is 18.9 Å². The number of likely N-dealkylation sites (tertiary alicyclic amines) is 1. The second kappa shape index (κ2) is 10.8. The van der Waals surface area contributed by atoms with Gasteiger partial charge in [0.25, 0.3) is 0 Å². The lowest BCUT2D eigenvalue weighted by atomic mass is 9.85. The zero-order valence-electron chi connectivity index (χ0n) is 20.8. The summed E-state index contributed by atoms with van der Waals surface area (Å²) in [7, 11) is 6.40. The molecule has 2 aromatic carbocycles. The number of amides is 2. The van der Waals surface area contributed by atoms with Crippen LogP contribution in [0.15, 0.2) is 35.3 Å². The summed E-state index contributed by atoms with van der Waals surface area (Å²) >= 11 is 0. The van der Waals surface area contributed by atoms with Gasteiger partial charge in [-0.3, -0.25) is 19.5 Å². The third-order valence-electron chi connectivity index (χ3n) is 6.69. The first-order chi connectivity index (χ1) is 17.0. The van der Waals surface area contributed by atoms with Crippen LogP contribution in [-0.2, 0) is 22.4 Å². The highest BCUT2D eigenvalue weighted by molar-refractivity contribution is 6.04. The van der Waals surface area contributed by atoms with E-state index in [-0.39, 0.29) is 17.7 Å². The third-order valence-corrected chi connectivity index (χ3v) is 6.69. The Kier molecular flexibility index (Phi) is 7.58. The molecule has 0 aromatic heterocycles. The monoisotopic (exact) mass is 480 g/mol. The number of fused-ring (bicyclic) bond motifs is 1. The number of imide groups is 1. The molecule has 2 aliphatic heterocycles. The largest absolute Gasteiger partial charge is 0.493 e. The molecule has 0 aliphatic carbocycles. The van der Waals surface area contributed by atoms with E-state index in [1.165, 1.54) is 4.90 Å². The average molecular weight is 481 g/mol. The van der Waals surface area contributed by atoms with Gasteiger partial charge in [-0.1, -0.05) is 6.07 Å². The van der Waals surface area contributed by atoms with E-state index >= 15 is 0 Å². The molecule has 8 nitrogen and oxygen atoms in total. The summed E-state index contributed by atoms with van der Waals surface area (Å²) in [6.45, 7) is 1.03. The van der Waals surface area contributed by atoms with E-state index < -0.39 is 0 Å². The molecule has 0 N–H and O–H groups in total. The molecule has 0 unspecified atom stereocenters. The van der Waals surface area contributed by atoms with Gasteiger partial charge in [-0.05, 0) is 60.6 Å². The maximum atomic E-state index is 12.9. The fraction of sp³-hybridized carbons (Fsp3) is 0.444. The lowest BCUT2D eigenvalue weighted by Crippen LogP contribution is -2.44. The quantitative estimate of drug-likeness (QED) is 0.511. The molecular formula is C27H32N2O6. The first kappa shape index (κ1) is 24.6. The molecule has 0 bridgehead atoms. The summed E-state index contributed by atoms with van der Waals surface area (Å²) in [5.41, 5.74) is 4.07. The summed E-state index contributed by atoms with van der Waals surface area (Å²) in [6, 6.07) is 9.58. The van der Waals surface area contributed by atoms with Crippen molar-refractivity contribution in [3.05, 3.63) is 47.0 Å². The second-order valence-corrected chi connectivity index (χ2v) is 8.80. The third kappa shape index (κ3) is 5.26. The molecule has 2 heterocycles. The molecule has 1 fully saturated rings. The molecule has 0 saturated carbocycles. The molecule has 1 saturated heterocycles. The lowest BCUT2D eigenvalue weighted by molar-refractivity contribution is -0.149. The first-order valence-corrected chi connectivity index (χ1v) is 11.8. The number of benzene rings is 2. The Hall–Kier alpha value is -3.55. The molecule has 186 valence electrons. The van der Waals surface area contributed by atoms with E-state index in [0.717, 1.165) is 28.8 Å². The van der Waals surface area contributed by atoms with Crippen LogP contribution in [0, 0.1) is 5.92 Å². The molecule has 35 heavy (non-hydrogen) atoms. The summed E-state index contributed by atoms with van der Waals surface area (Å²) < 4.78 is 21.5. The number of carbonyl (C=O) groups excluding carboxylic acids is 2. The molecule has 2 aromatic rings. The zero-order chi connectivity index (χ0) is 24.9. The first-order valence-electron chi connectivity index (χ1n) is 11.8. The van der Waals surface area contributed by atoms with Crippen LogP contribution in [0.5, 0.6) is 23.0 Å². The predicted molar refractivity (Wildman–Crippen MR) is 132 cm³/mol. The fourth-order valence-corrected chi connectivity index (χ4v) is 4.84. The van der Waals surface area contributed by atoms with Gasteiger partial charge in [0.15, 0.2) is 23.0 Å². The maximum absolute atomic E-state index is 12.9. The van der Waals surface area contributed by atoms with Gasteiger partial charge in [-0.2, -0.15) is 0 Å². The Morgan fingerprint density at radius 2 is 1.49 bits per heavy atom. The Bertz CT molecular complexity index is 1120. The van der Waals surface area contributed by atoms with E-state index in [1.807, 2.05) is 30.3 Å². The van der Waals surface area contributed by atoms with Crippen LogP contribution in [0.3, 0.4) is 0 Å². The molecule has 4 rings (SSSR count). The number of rotatable bonds is 9. The smallest absolute Gasteiger partial charge is 0.229 e. The van der Waals surface area contributed by atoms with Crippen molar-refractivity contribution < 1.29 is 28.5 Å². The lowest BCUT2D eigenvalue weighted by Gasteiger charge is -2.31. The highest BCUT2D eigenvalue weighted by Crippen LogP contribution is 2.35. The Morgan fingerprint density at radius 1 is 0.857 bits per heavy atom. The second-order valence-electron chi connectivity index (χ2n) is 8.80. The van der Waals surface area contributed by atoms with Gasteiger partial charge in [0, 0.05) is 37.2 Å². The van der Waals surface area contributed by atoms with E-state index in [2.05, 4.69) is 0 Å². The maximum Gasteiger partial charge on any atom is 0.229 e. The Labute approximate surface area is 205 Å². The molecule has 8 heteroatoms. The number of hydrogen-bond donors (Lipinski definition) is 0. The Morgan fingerprint density at radius 3 is 2.14 bits per heavy atom. The van der Waals surface area contributed by atoms with Crippen LogP contribution in [-0.4, -0.2) is 64.0 Å². The summed E-state index contributed by atoms with van der Waals surface area (Å²) in [4.78, 5) is 32.0. The number of carbonyl (C=O) groups is 2. The van der Waals surface area contributed by atoms with Crippen LogP contribution in [0.2, 0.25) is 0 Å². The van der Waals surface area contributed by atoms with E-state index in [1.54, 1.807) is 28.4 Å². The summed E-state index contributed by atoms with van der Waals surface area (Å²) in [5, 5.41) is 0. The fourth-order valence-electron chi connectivity index (χ4n) is 4.84. The highest BCUT2D eigenvalue weighted by atomic mass is 16.5. The van der Waals surface area contributed by atoms with Gasteiger partial charge >= 0.3 is 0 Å². The number of nitrogens with zero attached hydrogens (tertiary/aromatic N) is 2. The van der Waals surface area contributed by atoms with Gasteiger partial charge in [0.1, 0.15) is 0 Å². The van der Waals surface area contributed by atoms with Crippen molar-refractivity contribution in [1.82, 2.24) is 4.90 Å². The van der Waals surface area contributed by atoms with Crippen molar-refractivity contribution in [2.24, 2.45) is 10.9 Å².